The predicted octanol–water partition coefficient (Wildman–Crippen LogP) is 4.09. The Morgan fingerprint density at radius 2 is 1.74 bits per heavy atom. The molecule has 0 aliphatic heterocycles. The zero-order valence-corrected chi connectivity index (χ0v) is 10.9. The Hall–Kier alpha value is -1.55. The number of nitrogens with two attached hydrogens (primary N) is 1. The van der Waals surface area contributed by atoms with Gasteiger partial charge in [-0.25, -0.2) is 0 Å². The van der Waals surface area contributed by atoms with Crippen LogP contribution in [-0.4, -0.2) is 6.54 Å². The van der Waals surface area contributed by atoms with E-state index in [1.807, 2.05) is 13.8 Å². The number of hydrogen-bond donors (Lipinski definition) is 1. The lowest BCUT2D eigenvalue weighted by Crippen LogP contribution is -2.27. The Balaban J connectivity index is 2.64. The number of fused-ring (bicyclic) bond motifs is 1. The van der Waals surface area contributed by atoms with Crippen molar-refractivity contribution in [2.24, 2.45) is 5.73 Å². The van der Waals surface area contributed by atoms with Gasteiger partial charge in [-0.1, -0.05) is 44.2 Å². The van der Waals surface area contributed by atoms with Crippen LogP contribution in [-0.2, 0) is 11.6 Å². The van der Waals surface area contributed by atoms with Gasteiger partial charge in [0.2, 0.25) is 0 Å². The van der Waals surface area contributed by atoms with Gasteiger partial charge in [0.05, 0.1) is 5.56 Å². The molecule has 0 fully saturated rings. The molecule has 0 amide bonds. The van der Waals surface area contributed by atoms with E-state index in [4.69, 9.17) is 5.73 Å². The Morgan fingerprint density at radius 1 is 1.05 bits per heavy atom. The van der Waals surface area contributed by atoms with Crippen molar-refractivity contribution >= 4 is 10.8 Å². The molecule has 1 nitrogen and oxygen atoms in total. The van der Waals surface area contributed by atoms with Crippen LogP contribution >= 0.6 is 0 Å². The molecule has 0 spiro atoms. The molecule has 0 heterocycles. The van der Waals surface area contributed by atoms with Crippen LogP contribution in [0.3, 0.4) is 0 Å². The summed E-state index contributed by atoms with van der Waals surface area (Å²) in [5.74, 6) is 0. The van der Waals surface area contributed by atoms with Gasteiger partial charge in [0.1, 0.15) is 0 Å². The molecule has 0 unspecified atom stereocenters. The molecule has 0 radical (unpaired) electrons. The van der Waals surface area contributed by atoms with Gasteiger partial charge in [-0.15, -0.1) is 0 Å². The second-order valence-corrected chi connectivity index (χ2v) is 5.33. The van der Waals surface area contributed by atoms with E-state index in [9.17, 15) is 13.2 Å². The van der Waals surface area contributed by atoms with Crippen LogP contribution in [0.1, 0.15) is 25.0 Å². The summed E-state index contributed by atoms with van der Waals surface area (Å²) in [4.78, 5) is 0. The lowest BCUT2D eigenvalue weighted by Gasteiger charge is -2.23. The summed E-state index contributed by atoms with van der Waals surface area (Å²) in [6, 6.07) is 9.29. The van der Waals surface area contributed by atoms with E-state index in [1.165, 1.54) is 12.1 Å². The van der Waals surface area contributed by atoms with Crippen molar-refractivity contribution < 1.29 is 13.2 Å². The Morgan fingerprint density at radius 3 is 2.32 bits per heavy atom. The number of alkyl halides is 3. The maximum Gasteiger partial charge on any atom is 0.417 e. The summed E-state index contributed by atoms with van der Waals surface area (Å²) < 4.78 is 38.7. The van der Waals surface area contributed by atoms with Gasteiger partial charge in [-0.2, -0.15) is 13.2 Å². The average molecular weight is 267 g/mol. The van der Waals surface area contributed by atoms with Gasteiger partial charge in [-0.3, -0.25) is 0 Å². The summed E-state index contributed by atoms with van der Waals surface area (Å²) in [6.45, 7) is 4.39. The molecule has 102 valence electrons. The van der Waals surface area contributed by atoms with Crippen LogP contribution in [0.4, 0.5) is 13.2 Å². The summed E-state index contributed by atoms with van der Waals surface area (Å²) in [5, 5.41) is 0.820. The molecule has 0 saturated heterocycles. The van der Waals surface area contributed by atoms with Crippen molar-refractivity contribution in [1.29, 1.82) is 0 Å². The first-order valence-electron chi connectivity index (χ1n) is 6.06. The molecule has 2 N–H and O–H groups in total. The lowest BCUT2D eigenvalue weighted by molar-refractivity contribution is -0.136. The summed E-state index contributed by atoms with van der Waals surface area (Å²) in [6.07, 6.45) is -4.33. The monoisotopic (exact) mass is 267 g/mol. The second kappa shape index (κ2) is 4.53. The Labute approximate surface area is 110 Å². The SMILES string of the molecule is CC(C)(CN)c1ccc2c(C(F)(F)F)cccc2c1. The van der Waals surface area contributed by atoms with Gasteiger partial charge in [0.25, 0.3) is 0 Å². The molecular weight excluding hydrogens is 251 g/mol. The normalized spacial score (nSPS) is 12.9. The molecule has 0 aliphatic rings. The third kappa shape index (κ3) is 2.59. The maximum absolute atomic E-state index is 12.9. The van der Waals surface area contributed by atoms with E-state index < -0.39 is 11.7 Å². The molecule has 2 aromatic rings. The Kier molecular flexibility index (Phi) is 3.31. The van der Waals surface area contributed by atoms with Gasteiger partial charge >= 0.3 is 6.18 Å². The predicted molar refractivity (Wildman–Crippen MR) is 71.0 cm³/mol. The van der Waals surface area contributed by atoms with Crippen molar-refractivity contribution in [3.63, 3.8) is 0 Å². The first-order chi connectivity index (χ1) is 8.75. The minimum atomic E-state index is -4.33. The third-order valence-corrected chi connectivity index (χ3v) is 3.48. The molecule has 4 heteroatoms. The standard InChI is InChI=1S/C15H16F3N/c1-14(2,9-19)11-6-7-12-10(8-11)4-3-5-13(12)15(16,17)18/h3-8H,9,19H2,1-2H3. The van der Waals surface area contributed by atoms with E-state index in [0.29, 0.717) is 11.9 Å². The van der Waals surface area contributed by atoms with Crippen LogP contribution in [0.5, 0.6) is 0 Å². The fourth-order valence-corrected chi connectivity index (χ4v) is 2.07. The lowest BCUT2D eigenvalue weighted by atomic mass is 9.83. The number of rotatable bonds is 2. The second-order valence-electron chi connectivity index (χ2n) is 5.33. The third-order valence-electron chi connectivity index (χ3n) is 3.48. The summed E-state index contributed by atoms with van der Waals surface area (Å²) in [7, 11) is 0. The van der Waals surface area contributed by atoms with Crippen LogP contribution in [0.15, 0.2) is 36.4 Å². The van der Waals surface area contributed by atoms with Crippen molar-refractivity contribution in [1.82, 2.24) is 0 Å². The molecule has 2 rings (SSSR count). The molecule has 0 bridgehead atoms. The van der Waals surface area contributed by atoms with Crippen LogP contribution < -0.4 is 5.73 Å². The largest absolute Gasteiger partial charge is 0.417 e. The van der Waals surface area contributed by atoms with E-state index in [1.54, 1.807) is 18.2 Å². The van der Waals surface area contributed by atoms with E-state index in [-0.39, 0.29) is 10.8 Å². The molecule has 0 aliphatic carbocycles. The minimum Gasteiger partial charge on any atom is -0.330 e. The number of halogens is 3. The first-order valence-corrected chi connectivity index (χ1v) is 6.06. The van der Waals surface area contributed by atoms with Crippen molar-refractivity contribution in [2.45, 2.75) is 25.4 Å². The van der Waals surface area contributed by atoms with Gasteiger partial charge < -0.3 is 5.73 Å². The fourth-order valence-electron chi connectivity index (χ4n) is 2.07. The van der Waals surface area contributed by atoms with E-state index >= 15 is 0 Å². The van der Waals surface area contributed by atoms with Crippen molar-refractivity contribution in [3.8, 4) is 0 Å². The van der Waals surface area contributed by atoms with Crippen molar-refractivity contribution in [3.05, 3.63) is 47.5 Å². The summed E-state index contributed by atoms with van der Waals surface area (Å²) in [5.41, 5.74) is 5.80. The molecule has 2 aromatic carbocycles. The average Bonchev–Trinajstić information content (AvgIpc) is 2.36. The highest BCUT2D eigenvalue weighted by molar-refractivity contribution is 5.87. The minimum absolute atomic E-state index is 0.228. The zero-order valence-electron chi connectivity index (χ0n) is 10.9. The van der Waals surface area contributed by atoms with Gasteiger partial charge in [0.15, 0.2) is 0 Å². The topological polar surface area (TPSA) is 26.0 Å². The molecule has 0 atom stereocenters. The van der Waals surface area contributed by atoms with Crippen LogP contribution in [0.2, 0.25) is 0 Å². The van der Waals surface area contributed by atoms with Gasteiger partial charge in [0, 0.05) is 12.0 Å². The number of hydrogen-bond acceptors (Lipinski definition) is 1. The first kappa shape index (κ1) is 13.9. The fraction of sp³-hybridized carbons (Fsp3) is 0.333. The molecule has 0 aromatic heterocycles. The molecule has 19 heavy (non-hydrogen) atoms. The zero-order chi connectivity index (χ0) is 14.3. The van der Waals surface area contributed by atoms with E-state index in [0.717, 1.165) is 11.6 Å². The maximum atomic E-state index is 12.9. The van der Waals surface area contributed by atoms with Crippen LogP contribution in [0.25, 0.3) is 10.8 Å². The smallest absolute Gasteiger partial charge is 0.330 e. The highest BCUT2D eigenvalue weighted by Crippen LogP contribution is 2.36. The van der Waals surface area contributed by atoms with E-state index in [2.05, 4.69) is 0 Å². The van der Waals surface area contributed by atoms with Crippen LogP contribution in [0, 0.1) is 0 Å². The Bertz CT molecular complexity index is 600. The highest BCUT2D eigenvalue weighted by atomic mass is 19.4. The number of benzene rings is 2. The van der Waals surface area contributed by atoms with Crippen molar-refractivity contribution in [2.75, 3.05) is 6.54 Å². The molecular formula is C15H16F3N. The highest BCUT2D eigenvalue weighted by Gasteiger charge is 2.32. The van der Waals surface area contributed by atoms with Gasteiger partial charge in [-0.05, 0) is 22.4 Å². The molecule has 0 saturated carbocycles. The quantitative estimate of drug-likeness (QED) is 0.871. The summed E-state index contributed by atoms with van der Waals surface area (Å²) >= 11 is 0.